The summed E-state index contributed by atoms with van der Waals surface area (Å²) in [6, 6.07) is -0.0982. The van der Waals surface area contributed by atoms with Crippen molar-refractivity contribution < 1.29 is 9.59 Å². The summed E-state index contributed by atoms with van der Waals surface area (Å²) in [5.74, 6) is 0.269. The summed E-state index contributed by atoms with van der Waals surface area (Å²) in [7, 11) is 0. The molecule has 0 spiro atoms. The Balaban J connectivity index is 0.00000400. The summed E-state index contributed by atoms with van der Waals surface area (Å²) in [6.45, 7) is 3.21. The fourth-order valence-corrected chi connectivity index (χ4v) is 2.62. The molecule has 6 heteroatoms. The number of nitrogens with one attached hydrogen (secondary N) is 2. The zero-order valence-corrected chi connectivity index (χ0v) is 13.8. The van der Waals surface area contributed by atoms with E-state index in [4.69, 9.17) is 5.73 Å². The molecule has 0 aromatic heterocycles. The summed E-state index contributed by atoms with van der Waals surface area (Å²) in [6.07, 6.45) is 7.70. The van der Waals surface area contributed by atoms with Gasteiger partial charge in [-0.15, -0.1) is 12.4 Å². The Morgan fingerprint density at radius 2 is 1.86 bits per heavy atom. The Hall–Kier alpha value is -0.810. The van der Waals surface area contributed by atoms with Crippen LogP contribution in [0.25, 0.3) is 0 Å². The molecule has 1 aliphatic rings. The fraction of sp³-hybridized carbons (Fsp3) is 0.867. The number of halogens is 1. The minimum absolute atomic E-state index is 0. The number of carbonyl (C=O) groups excluding carboxylic acids is 2. The van der Waals surface area contributed by atoms with Gasteiger partial charge in [-0.2, -0.15) is 0 Å². The van der Waals surface area contributed by atoms with E-state index in [1.807, 2.05) is 6.92 Å². The lowest BCUT2D eigenvalue weighted by Gasteiger charge is -2.23. The second-order valence-corrected chi connectivity index (χ2v) is 5.79. The van der Waals surface area contributed by atoms with Crippen molar-refractivity contribution >= 4 is 24.2 Å². The van der Waals surface area contributed by atoms with Crippen LogP contribution in [0, 0.1) is 5.92 Å². The molecule has 1 atom stereocenters. The van der Waals surface area contributed by atoms with E-state index >= 15 is 0 Å². The molecule has 0 saturated heterocycles. The Bertz CT molecular complexity index is 307. The zero-order valence-electron chi connectivity index (χ0n) is 13.0. The molecule has 1 saturated carbocycles. The van der Waals surface area contributed by atoms with Crippen molar-refractivity contribution in [2.24, 2.45) is 11.7 Å². The van der Waals surface area contributed by atoms with E-state index in [2.05, 4.69) is 10.6 Å². The monoisotopic (exact) mass is 319 g/mol. The number of amides is 2. The van der Waals surface area contributed by atoms with Crippen molar-refractivity contribution in [3.05, 3.63) is 0 Å². The molecule has 2 amide bonds. The van der Waals surface area contributed by atoms with Gasteiger partial charge in [0, 0.05) is 24.9 Å². The summed E-state index contributed by atoms with van der Waals surface area (Å²) in [5, 5.41) is 5.82. The van der Waals surface area contributed by atoms with Gasteiger partial charge in [0.1, 0.15) is 0 Å². The topological polar surface area (TPSA) is 84.2 Å². The van der Waals surface area contributed by atoms with Gasteiger partial charge in [0.25, 0.3) is 0 Å². The number of hydrogen-bond acceptors (Lipinski definition) is 3. The highest BCUT2D eigenvalue weighted by atomic mass is 35.5. The van der Waals surface area contributed by atoms with Crippen LogP contribution < -0.4 is 16.4 Å². The molecule has 5 nitrogen and oxygen atoms in total. The Labute approximate surface area is 134 Å². The Morgan fingerprint density at radius 1 is 1.19 bits per heavy atom. The molecule has 0 aliphatic heterocycles. The summed E-state index contributed by atoms with van der Waals surface area (Å²) in [4.78, 5) is 23.7. The maximum atomic E-state index is 12.0. The molecule has 124 valence electrons. The molecule has 0 aromatic rings. The van der Waals surface area contributed by atoms with Crippen LogP contribution in [0.1, 0.15) is 58.3 Å². The van der Waals surface area contributed by atoms with Gasteiger partial charge in [0.15, 0.2) is 0 Å². The van der Waals surface area contributed by atoms with Gasteiger partial charge in [-0.05, 0) is 39.2 Å². The van der Waals surface area contributed by atoms with E-state index in [1.165, 1.54) is 6.42 Å². The highest BCUT2D eigenvalue weighted by Gasteiger charge is 2.22. The average Bonchev–Trinajstić information content (AvgIpc) is 2.44. The maximum Gasteiger partial charge on any atom is 0.223 e. The van der Waals surface area contributed by atoms with Crippen LogP contribution in [0.15, 0.2) is 0 Å². The molecule has 1 rings (SSSR count). The van der Waals surface area contributed by atoms with Crippen molar-refractivity contribution in [1.29, 1.82) is 0 Å². The van der Waals surface area contributed by atoms with Crippen molar-refractivity contribution in [3.63, 3.8) is 0 Å². The van der Waals surface area contributed by atoms with Gasteiger partial charge in [0.2, 0.25) is 11.8 Å². The second kappa shape index (κ2) is 11.8. The predicted octanol–water partition coefficient (Wildman–Crippen LogP) is 1.74. The van der Waals surface area contributed by atoms with Crippen molar-refractivity contribution in [1.82, 2.24) is 10.6 Å². The molecule has 0 radical (unpaired) electrons. The molecule has 21 heavy (non-hydrogen) atoms. The maximum absolute atomic E-state index is 12.0. The van der Waals surface area contributed by atoms with Gasteiger partial charge in [0.05, 0.1) is 0 Å². The van der Waals surface area contributed by atoms with Crippen molar-refractivity contribution in [3.8, 4) is 0 Å². The molecule has 1 fully saturated rings. The van der Waals surface area contributed by atoms with Gasteiger partial charge >= 0.3 is 0 Å². The molecule has 0 aromatic carbocycles. The molecule has 0 bridgehead atoms. The van der Waals surface area contributed by atoms with E-state index in [0.717, 1.165) is 38.5 Å². The van der Waals surface area contributed by atoms with Crippen LogP contribution in [-0.4, -0.2) is 30.9 Å². The van der Waals surface area contributed by atoms with E-state index in [-0.39, 0.29) is 36.2 Å². The average molecular weight is 320 g/mol. The van der Waals surface area contributed by atoms with Gasteiger partial charge in [-0.1, -0.05) is 19.3 Å². The number of nitrogens with two attached hydrogens (primary N) is 1. The smallest absolute Gasteiger partial charge is 0.223 e. The molecule has 1 unspecified atom stereocenters. The summed E-state index contributed by atoms with van der Waals surface area (Å²) >= 11 is 0. The minimum atomic E-state index is -0.0982. The zero-order chi connectivity index (χ0) is 14.8. The first-order valence-electron chi connectivity index (χ1n) is 7.90. The standard InChI is InChI=1S/C15H29N3O2.ClH/c1-12(11-14(19)17-10-6-5-9-16)18-15(20)13-7-3-2-4-8-13;/h12-13H,2-11,16H2,1H3,(H,17,19)(H,18,20);1H. The highest BCUT2D eigenvalue weighted by molar-refractivity contribution is 5.85. The number of unbranched alkanes of at least 4 members (excludes halogenated alkanes) is 1. The van der Waals surface area contributed by atoms with Crippen LogP contribution >= 0.6 is 12.4 Å². The van der Waals surface area contributed by atoms with Crippen molar-refractivity contribution in [2.45, 2.75) is 64.3 Å². The molecule has 0 heterocycles. The highest BCUT2D eigenvalue weighted by Crippen LogP contribution is 2.23. The SMILES string of the molecule is CC(CC(=O)NCCCCN)NC(=O)C1CCCCC1.Cl. The first-order valence-corrected chi connectivity index (χ1v) is 7.90. The van der Waals surface area contributed by atoms with E-state index in [9.17, 15) is 9.59 Å². The van der Waals surface area contributed by atoms with Gasteiger partial charge < -0.3 is 16.4 Å². The van der Waals surface area contributed by atoms with Crippen LogP contribution in [0.4, 0.5) is 0 Å². The Kier molecular flexibility index (Phi) is 11.4. The number of rotatable bonds is 8. The van der Waals surface area contributed by atoms with Crippen LogP contribution in [0.5, 0.6) is 0 Å². The first kappa shape index (κ1) is 20.2. The third-order valence-corrected chi connectivity index (χ3v) is 3.81. The fourth-order valence-electron chi connectivity index (χ4n) is 2.62. The molecular formula is C15H30ClN3O2. The third-order valence-electron chi connectivity index (χ3n) is 3.81. The largest absolute Gasteiger partial charge is 0.356 e. The normalized spacial score (nSPS) is 16.7. The lowest BCUT2D eigenvalue weighted by Crippen LogP contribution is -2.41. The number of carbonyl (C=O) groups is 2. The van der Waals surface area contributed by atoms with Crippen LogP contribution in [0.2, 0.25) is 0 Å². The quantitative estimate of drug-likeness (QED) is 0.596. The molecular weight excluding hydrogens is 290 g/mol. The minimum Gasteiger partial charge on any atom is -0.356 e. The lowest BCUT2D eigenvalue weighted by molar-refractivity contribution is -0.127. The van der Waals surface area contributed by atoms with Gasteiger partial charge in [-0.3, -0.25) is 9.59 Å². The van der Waals surface area contributed by atoms with Crippen LogP contribution in [-0.2, 0) is 9.59 Å². The Morgan fingerprint density at radius 3 is 2.48 bits per heavy atom. The molecule has 1 aliphatic carbocycles. The number of hydrogen-bond donors (Lipinski definition) is 3. The molecule has 4 N–H and O–H groups in total. The van der Waals surface area contributed by atoms with Crippen molar-refractivity contribution in [2.75, 3.05) is 13.1 Å². The first-order chi connectivity index (χ1) is 9.63. The second-order valence-electron chi connectivity index (χ2n) is 5.79. The summed E-state index contributed by atoms with van der Waals surface area (Å²) in [5.41, 5.74) is 5.39. The van der Waals surface area contributed by atoms with E-state index in [0.29, 0.717) is 19.5 Å². The third kappa shape index (κ3) is 8.94. The van der Waals surface area contributed by atoms with Crippen LogP contribution in [0.3, 0.4) is 0 Å². The van der Waals surface area contributed by atoms with E-state index < -0.39 is 0 Å². The lowest BCUT2D eigenvalue weighted by atomic mass is 9.88. The van der Waals surface area contributed by atoms with E-state index in [1.54, 1.807) is 0 Å². The summed E-state index contributed by atoms with van der Waals surface area (Å²) < 4.78 is 0. The van der Waals surface area contributed by atoms with Gasteiger partial charge in [-0.25, -0.2) is 0 Å². The predicted molar refractivity (Wildman–Crippen MR) is 87.3 cm³/mol.